The first kappa shape index (κ1) is 10.8. The molecule has 0 spiro atoms. The highest BCUT2D eigenvalue weighted by Gasteiger charge is 2.04. The Hall–Kier alpha value is -1.25. The normalized spacial score (nSPS) is 15.6. The van der Waals surface area contributed by atoms with Gasteiger partial charge in [0.1, 0.15) is 0 Å². The average molecular weight is 195 g/mol. The van der Waals surface area contributed by atoms with Gasteiger partial charge in [-0.05, 0) is 26.2 Å². The van der Waals surface area contributed by atoms with E-state index < -0.39 is 0 Å². The van der Waals surface area contributed by atoms with E-state index in [1.165, 1.54) is 18.3 Å². The van der Waals surface area contributed by atoms with Crippen LogP contribution in [0.5, 0.6) is 0 Å². The van der Waals surface area contributed by atoms with Gasteiger partial charge in [0.05, 0.1) is 7.11 Å². The van der Waals surface area contributed by atoms with Crippen LogP contribution < -0.4 is 5.32 Å². The third-order valence-electron chi connectivity index (χ3n) is 2.28. The van der Waals surface area contributed by atoms with Crippen molar-refractivity contribution in [2.45, 2.75) is 26.2 Å². The minimum Gasteiger partial charge on any atom is -0.453 e. The summed E-state index contributed by atoms with van der Waals surface area (Å²) in [7, 11) is 1.38. The number of hydrogen-bond acceptors (Lipinski definition) is 2. The smallest absolute Gasteiger partial charge is 0.406 e. The molecule has 0 radical (unpaired) electrons. The van der Waals surface area contributed by atoms with E-state index in [9.17, 15) is 4.79 Å². The summed E-state index contributed by atoms with van der Waals surface area (Å²) in [5.74, 6) is 0. The lowest BCUT2D eigenvalue weighted by Gasteiger charge is -2.12. The minimum atomic E-state index is -0.353. The van der Waals surface area contributed by atoms with Crippen LogP contribution in [-0.2, 0) is 4.74 Å². The number of rotatable bonds is 3. The van der Waals surface area contributed by atoms with Crippen molar-refractivity contribution in [1.29, 1.82) is 0 Å². The van der Waals surface area contributed by atoms with Crippen LogP contribution in [0.2, 0.25) is 0 Å². The van der Waals surface area contributed by atoms with E-state index in [1.54, 1.807) is 0 Å². The molecule has 0 fully saturated rings. The van der Waals surface area contributed by atoms with Crippen LogP contribution in [-0.4, -0.2) is 19.7 Å². The van der Waals surface area contributed by atoms with Crippen LogP contribution >= 0.6 is 0 Å². The van der Waals surface area contributed by atoms with Gasteiger partial charge in [-0.3, -0.25) is 0 Å². The molecule has 3 nitrogen and oxygen atoms in total. The zero-order valence-corrected chi connectivity index (χ0v) is 8.80. The number of alkyl carbamates (subject to hydrolysis) is 1. The summed E-state index contributed by atoms with van der Waals surface area (Å²) in [4.78, 5) is 10.8. The SMILES string of the molecule is COC(=O)NCCC1=CCC=C(C)C1. The second-order valence-corrected chi connectivity index (χ2v) is 3.49. The highest BCUT2D eigenvalue weighted by Crippen LogP contribution is 2.19. The minimum absolute atomic E-state index is 0.353. The molecule has 3 heteroatoms. The van der Waals surface area contributed by atoms with Gasteiger partial charge in [0.25, 0.3) is 0 Å². The average Bonchev–Trinajstić information content (AvgIpc) is 2.17. The van der Waals surface area contributed by atoms with E-state index in [-0.39, 0.29) is 6.09 Å². The molecular formula is C11H17NO2. The van der Waals surface area contributed by atoms with Crippen molar-refractivity contribution in [2.24, 2.45) is 0 Å². The number of allylic oxidation sites excluding steroid dienone is 3. The molecule has 0 heterocycles. The van der Waals surface area contributed by atoms with E-state index in [4.69, 9.17) is 0 Å². The molecule has 78 valence electrons. The molecule has 0 aliphatic heterocycles. The lowest BCUT2D eigenvalue weighted by atomic mass is 9.97. The molecule has 1 amide bonds. The first-order valence-electron chi connectivity index (χ1n) is 4.87. The first-order chi connectivity index (χ1) is 6.72. The first-order valence-corrected chi connectivity index (χ1v) is 4.87. The highest BCUT2D eigenvalue weighted by molar-refractivity contribution is 5.66. The van der Waals surface area contributed by atoms with Crippen LogP contribution in [0.1, 0.15) is 26.2 Å². The molecule has 0 saturated heterocycles. The summed E-state index contributed by atoms with van der Waals surface area (Å²) in [6, 6.07) is 0. The Morgan fingerprint density at radius 3 is 3.00 bits per heavy atom. The summed E-state index contributed by atoms with van der Waals surface area (Å²) < 4.78 is 4.48. The van der Waals surface area contributed by atoms with Gasteiger partial charge in [-0.2, -0.15) is 0 Å². The number of ether oxygens (including phenoxy) is 1. The van der Waals surface area contributed by atoms with E-state index in [0.29, 0.717) is 6.54 Å². The van der Waals surface area contributed by atoms with E-state index >= 15 is 0 Å². The molecule has 0 aromatic rings. The van der Waals surface area contributed by atoms with Gasteiger partial charge in [0.15, 0.2) is 0 Å². The zero-order valence-electron chi connectivity index (χ0n) is 8.80. The fourth-order valence-electron chi connectivity index (χ4n) is 1.52. The molecule has 1 aliphatic rings. The van der Waals surface area contributed by atoms with Crippen molar-refractivity contribution >= 4 is 6.09 Å². The fraction of sp³-hybridized carbons (Fsp3) is 0.545. The lowest BCUT2D eigenvalue weighted by molar-refractivity contribution is 0.171. The van der Waals surface area contributed by atoms with Gasteiger partial charge in [-0.1, -0.05) is 23.3 Å². The number of carbonyl (C=O) groups excluding carboxylic acids is 1. The van der Waals surface area contributed by atoms with Gasteiger partial charge in [-0.25, -0.2) is 4.79 Å². The molecule has 1 aliphatic carbocycles. The number of nitrogens with one attached hydrogen (secondary N) is 1. The number of amides is 1. The summed E-state index contributed by atoms with van der Waals surface area (Å²) in [5, 5.41) is 2.67. The van der Waals surface area contributed by atoms with Gasteiger partial charge >= 0.3 is 6.09 Å². The molecule has 0 saturated carbocycles. The monoisotopic (exact) mass is 195 g/mol. The van der Waals surface area contributed by atoms with Crippen molar-refractivity contribution in [3.05, 3.63) is 23.3 Å². The van der Waals surface area contributed by atoms with E-state index in [1.807, 2.05) is 0 Å². The topological polar surface area (TPSA) is 38.3 Å². The summed E-state index contributed by atoms with van der Waals surface area (Å²) in [6.45, 7) is 2.80. The molecule has 1 N–H and O–H groups in total. The van der Waals surface area contributed by atoms with E-state index in [2.05, 4.69) is 29.1 Å². The van der Waals surface area contributed by atoms with Gasteiger partial charge < -0.3 is 10.1 Å². The number of hydrogen-bond donors (Lipinski definition) is 1. The third-order valence-corrected chi connectivity index (χ3v) is 2.28. The van der Waals surface area contributed by atoms with Crippen molar-refractivity contribution in [3.63, 3.8) is 0 Å². The van der Waals surface area contributed by atoms with Crippen molar-refractivity contribution in [1.82, 2.24) is 5.32 Å². The van der Waals surface area contributed by atoms with Gasteiger partial charge in [-0.15, -0.1) is 0 Å². The third kappa shape index (κ3) is 3.64. The molecule has 0 aromatic carbocycles. The molecule has 0 bridgehead atoms. The molecule has 0 aromatic heterocycles. The zero-order chi connectivity index (χ0) is 10.4. The van der Waals surface area contributed by atoms with Gasteiger partial charge in [0.2, 0.25) is 0 Å². The highest BCUT2D eigenvalue weighted by atomic mass is 16.5. The summed E-state index contributed by atoms with van der Waals surface area (Å²) in [6.07, 6.45) is 7.10. The number of methoxy groups -OCH3 is 1. The van der Waals surface area contributed by atoms with Crippen LogP contribution in [0.15, 0.2) is 23.3 Å². The summed E-state index contributed by atoms with van der Waals surface area (Å²) >= 11 is 0. The second-order valence-electron chi connectivity index (χ2n) is 3.49. The van der Waals surface area contributed by atoms with E-state index in [0.717, 1.165) is 19.3 Å². The quantitative estimate of drug-likeness (QED) is 0.702. The molecule has 0 atom stereocenters. The Kier molecular flexibility index (Phi) is 4.23. The van der Waals surface area contributed by atoms with Crippen molar-refractivity contribution in [2.75, 3.05) is 13.7 Å². The Morgan fingerprint density at radius 2 is 2.36 bits per heavy atom. The van der Waals surface area contributed by atoms with Gasteiger partial charge in [0, 0.05) is 6.54 Å². The van der Waals surface area contributed by atoms with Crippen LogP contribution in [0.3, 0.4) is 0 Å². The van der Waals surface area contributed by atoms with Crippen molar-refractivity contribution in [3.8, 4) is 0 Å². The molecule has 14 heavy (non-hydrogen) atoms. The Balaban J connectivity index is 2.19. The van der Waals surface area contributed by atoms with Crippen LogP contribution in [0.4, 0.5) is 4.79 Å². The van der Waals surface area contributed by atoms with Crippen LogP contribution in [0.25, 0.3) is 0 Å². The molecule has 0 unspecified atom stereocenters. The Labute approximate surface area is 84.8 Å². The molecule has 1 rings (SSSR count). The fourth-order valence-corrected chi connectivity index (χ4v) is 1.52. The Morgan fingerprint density at radius 1 is 1.57 bits per heavy atom. The second kappa shape index (κ2) is 5.47. The largest absolute Gasteiger partial charge is 0.453 e. The van der Waals surface area contributed by atoms with Crippen molar-refractivity contribution < 1.29 is 9.53 Å². The molecular weight excluding hydrogens is 178 g/mol. The maximum atomic E-state index is 10.8. The maximum Gasteiger partial charge on any atom is 0.406 e. The number of carbonyl (C=O) groups is 1. The van der Waals surface area contributed by atoms with Crippen LogP contribution in [0, 0.1) is 0 Å². The summed E-state index contributed by atoms with van der Waals surface area (Å²) in [5.41, 5.74) is 2.82. The Bertz CT molecular complexity index is 266. The maximum absolute atomic E-state index is 10.8. The standard InChI is InChI=1S/C11H17NO2/c1-9-4-3-5-10(8-9)6-7-12-11(13)14-2/h4-5H,3,6-8H2,1-2H3,(H,12,13). The predicted octanol–water partition coefficient (Wildman–Crippen LogP) is 2.40. The predicted molar refractivity (Wildman–Crippen MR) is 56.1 cm³/mol. The lowest BCUT2D eigenvalue weighted by Crippen LogP contribution is -2.24.